The van der Waals surface area contributed by atoms with Crippen LogP contribution in [0.4, 0.5) is 5.69 Å². The summed E-state index contributed by atoms with van der Waals surface area (Å²) >= 11 is 1.67. The van der Waals surface area contributed by atoms with E-state index in [2.05, 4.69) is 23.2 Å². The first-order chi connectivity index (χ1) is 8.81. The lowest BCUT2D eigenvalue weighted by atomic mass is 10.2. The topological polar surface area (TPSA) is 38.9 Å². The minimum absolute atomic E-state index is 0.756. The van der Waals surface area contributed by atoms with Gasteiger partial charge in [0.1, 0.15) is 5.01 Å². The number of nitrogen functional groups attached to an aromatic ring is 1. The molecule has 0 saturated carbocycles. The van der Waals surface area contributed by atoms with E-state index < -0.39 is 0 Å². The first kappa shape index (κ1) is 11.0. The maximum Gasteiger partial charge on any atom is 0.117 e. The van der Waals surface area contributed by atoms with E-state index in [1.54, 1.807) is 11.3 Å². The van der Waals surface area contributed by atoms with E-state index in [1.165, 1.54) is 5.56 Å². The number of aromatic nitrogens is 1. The summed E-state index contributed by atoms with van der Waals surface area (Å²) in [4.78, 5) is 4.54. The average Bonchev–Trinajstić information content (AvgIpc) is 2.79. The fourth-order valence-electron chi connectivity index (χ4n) is 1.77. The molecule has 0 fully saturated rings. The summed E-state index contributed by atoms with van der Waals surface area (Å²) < 4.78 is 1.16. The summed E-state index contributed by atoms with van der Waals surface area (Å²) in [6, 6.07) is 16.0. The van der Waals surface area contributed by atoms with Gasteiger partial charge in [-0.05, 0) is 29.8 Å². The summed E-state index contributed by atoms with van der Waals surface area (Å²) in [7, 11) is 0. The third kappa shape index (κ3) is 2.26. The van der Waals surface area contributed by atoms with Crippen molar-refractivity contribution >= 4 is 39.4 Å². The predicted molar refractivity (Wildman–Crippen MR) is 79.4 cm³/mol. The first-order valence-corrected chi connectivity index (χ1v) is 6.52. The van der Waals surface area contributed by atoms with E-state index in [0.717, 1.165) is 20.9 Å². The summed E-state index contributed by atoms with van der Waals surface area (Å²) in [5, 5.41) is 0.999. The highest BCUT2D eigenvalue weighted by molar-refractivity contribution is 7.19. The van der Waals surface area contributed by atoms with Gasteiger partial charge in [-0.2, -0.15) is 0 Å². The maximum atomic E-state index is 5.74. The van der Waals surface area contributed by atoms with Gasteiger partial charge in [0.2, 0.25) is 0 Å². The number of hydrogen-bond donors (Lipinski definition) is 1. The minimum atomic E-state index is 0.756. The standard InChI is InChI=1S/C15H12N2S/c16-12-7-8-14-13(10-12)17-15(18-14)9-6-11-4-2-1-3-5-11/h1-10H,16H2. The smallest absolute Gasteiger partial charge is 0.117 e. The Morgan fingerprint density at radius 2 is 1.83 bits per heavy atom. The van der Waals surface area contributed by atoms with Crippen LogP contribution in [0.1, 0.15) is 10.6 Å². The van der Waals surface area contributed by atoms with Gasteiger partial charge in [-0.1, -0.05) is 36.4 Å². The molecule has 1 aromatic heterocycles. The van der Waals surface area contributed by atoms with E-state index >= 15 is 0 Å². The minimum Gasteiger partial charge on any atom is -0.399 e. The second kappa shape index (κ2) is 4.63. The molecule has 3 heteroatoms. The van der Waals surface area contributed by atoms with E-state index in [1.807, 2.05) is 42.5 Å². The number of nitrogens with two attached hydrogens (primary N) is 1. The second-order valence-electron chi connectivity index (χ2n) is 4.02. The molecular weight excluding hydrogens is 240 g/mol. The highest BCUT2D eigenvalue weighted by Gasteiger charge is 2.01. The lowest BCUT2D eigenvalue weighted by molar-refractivity contribution is 1.46. The third-order valence-corrected chi connectivity index (χ3v) is 3.65. The molecular formula is C15H12N2S. The van der Waals surface area contributed by atoms with Crippen molar-refractivity contribution in [2.45, 2.75) is 0 Å². The quantitative estimate of drug-likeness (QED) is 0.699. The molecule has 0 aliphatic carbocycles. The molecule has 0 unspecified atom stereocenters. The van der Waals surface area contributed by atoms with Crippen LogP contribution in [0.15, 0.2) is 48.5 Å². The fourth-order valence-corrected chi connectivity index (χ4v) is 2.62. The molecule has 2 aromatic carbocycles. The van der Waals surface area contributed by atoms with Crippen molar-refractivity contribution in [2.24, 2.45) is 0 Å². The van der Waals surface area contributed by atoms with E-state index in [0.29, 0.717) is 0 Å². The Morgan fingerprint density at radius 3 is 2.67 bits per heavy atom. The van der Waals surface area contributed by atoms with E-state index in [4.69, 9.17) is 5.73 Å². The highest BCUT2D eigenvalue weighted by Crippen LogP contribution is 2.25. The number of anilines is 1. The van der Waals surface area contributed by atoms with Crippen LogP contribution in [0.25, 0.3) is 22.4 Å². The summed E-state index contributed by atoms with van der Waals surface area (Å²) in [5.41, 5.74) is 8.64. The molecule has 88 valence electrons. The van der Waals surface area contributed by atoms with Crippen LogP contribution in [-0.4, -0.2) is 4.98 Å². The van der Waals surface area contributed by atoms with E-state index in [9.17, 15) is 0 Å². The van der Waals surface area contributed by atoms with Crippen LogP contribution in [0.2, 0.25) is 0 Å². The van der Waals surface area contributed by atoms with Crippen molar-refractivity contribution in [1.29, 1.82) is 0 Å². The van der Waals surface area contributed by atoms with Gasteiger partial charge in [0.25, 0.3) is 0 Å². The molecule has 18 heavy (non-hydrogen) atoms. The molecule has 1 heterocycles. The van der Waals surface area contributed by atoms with Gasteiger partial charge < -0.3 is 5.73 Å². The second-order valence-corrected chi connectivity index (χ2v) is 5.09. The third-order valence-electron chi connectivity index (χ3n) is 2.65. The Labute approximate surface area is 109 Å². The molecule has 0 aliphatic heterocycles. The highest BCUT2D eigenvalue weighted by atomic mass is 32.1. The predicted octanol–water partition coefficient (Wildman–Crippen LogP) is 4.05. The Bertz CT molecular complexity index is 699. The van der Waals surface area contributed by atoms with Crippen LogP contribution in [0, 0.1) is 0 Å². The first-order valence-electron chi connectivity index (χ1n) is 5.70. The van der Waals surface area contributed by atoms with Crippen molar-refractivity contribution in [1.82, 2.24) is 4.98 Å². The van der Waals surface area contributed by atoms with Gasteiger partial charge in [-0.15, -0.1) is 11.3 Å². The maximum absolute atomic E-state index is 5.74. The van der Waals surface area contributed by atoms with Crippen LogP contribution in [-0.2, 0) is 0 Å². The number of nitrogens with zero attached hydrogens (tertiary/aromatic N) is 1. The van der Waals surface area contributed by atoms with Crippen molar-refractivity contribution in [3.8, 4) is 0 Å². The molecule has 0 spiro atoms. The van der Waals surface area contributed by atoms with Gasteiger partial charge in [-0.25, -0.2) is 4.98 Å². The Balaban J connectivity index is 1.93. The van der Waals surface area contributed by atoms with Crippen molar-refractivity contribution in [3.05, 3.63) is 59.1 Å². The number of thiazole rings is 1. The zero-order chi connectivity index (χ0) is 12.4. The monoisotopic (exact) mass is 252 g/mol. The molecule has 0 amide bonds. The van der Waals surface area contributed by atoms with Crippen molar-refractivity contribution < 1.29 is 0 Å². The zero-order valence-electron chi connectivity index (χ0n) is 9.71. The summed E-state index contributed by atoms with van der Waals surface area (Å²) in [6.07, 6.45) is 4.11. The molecule has 2 N–H and O–H groups in total. The van der Waals surface area contributed by atoms with E-state index in [-0.39, 0.29) is 0 Å². The molecule has 2 nitrogen and oxygen atoms in total. The molecule has 0 saturated heterocycles. The fraction of sp³-hybridized carbons (Fsp3) is 0. The number of hydrogen-bond acceptors (Lipinski definition) is 3. The Kier molecular flexibility index (Phi) is 2.82. The Hall–Kier alpha value is -2.13. The molecule has 0 atom stereocenters. The molecule has 0 bridgehead atoms. The van der Waals surface area contributed by atoms with Crippen LogP contribution in [0.5, 0.6) is 0 Å². The van der Waals surface area contributed by atoms with Crippen molar-refractivity contribution in [3.63, 3.8) is 0 Å². The number of fused-ring (bicyclic) bond motifs is 1. The zero-order valence-corrected chi connectivity index (χ0v) is 10.5. The normalized spacial score (nSPS) is 11.3. The van der Waals surface area contributed by atoms with Gasteiger partial charge in [0.05, 0.1) is 10.2 Å². The Morgan fingerprint density at radius 1 is 1.00 bits per heavy atom. The lowest BCUT2D eigenvalue weighted by Crippen LogP contribution is -1.82. The van der Waals surface area contributed by atoms with Crippen molar-refractivity contribution in [2.75, 3.05) is 5.73 Å². The SMILES string of the molecule is Nc1ccc2sc(C=Cc3ccccc3)nc2c1. The van der Waals surface area contributed by atoms with Gasteiger partial charge in [0, 0.05) is 5.69 Å². The lowest BCUT2D eigenvalue weighted by Gasteiger charge is -1.89. The van der Waals surface area contributed by atoms with Crippen LogP contribution in [0.3, 0.4) is 0 Å². The largest absolute Gasteiger partial charge is 0.399 e. The van der Waals surface area contributed by atoms with Crippen LogP contribution < -0.4 is 5.73 Å². The number of benzene rings is 2. The molecule has 3 rings (SSSR count). The number of rotatable bonds is 2. The van der Waals surface area contributed by atoms with Gasteiger partial charge in [-0.3, -0.25) is 0 Å². The molecule has 0 radical (unpaired) electrons. The average molecular weight is 252 g/mol. The van der Waals surface area contributed by atoms with Crippen LogP contribution >= 0.6 is 11.3 Å². The van der Waals surface area contributed by atoms with Gasteiger partial charge >= 0.3 is 0 Å². The van der Waals surface area contributed by atoms with Gasteiger partial charge in [0.15, 0.2) is 0 Å². The molecule has 0 aliphatic rings. The molecule has 3 aromatic rings. The summed E-state index contributed by atoms with van der Waals surface area (Å²) in [5.74, 6) is 0. The summed E-state index contributed by atoms with van der Waals surface area (Å²) in [6.45, 7) is 0.